The van der Waals surface area contributed by atoms with E-state index in [4.69, 9.17) is 5.73 Å². The first-order chi connectivity index (χ1) is 16.0. The average molecular weight is 477 g/mol. The number of alkyl halides is 3. The molecule has 0 fully saturated rings. The Kier molecular flexibility index (Phi) is 7.13. The summed E-state index contributed by atoms with van der Waals surface area (Å²) in [5.41, 5.74) is 6.94. The van der Waals surface area contributed by atoms with E-state index in [9.17, 15) is 27.6 Å². The van der Waals surface area contributed by atoms with E-state index in [1.54, 1.807) is 32.0 Å². The van der Waals surface area contributed by atoms with Crippen molar-refractivity contribution in [3.8, 4) is 0 Å². The smallest absolute Gasteiger partial charge is 0.370 e. The van der Waals surface area contributed by atoms with E-state index in [0.29, 0.717) is 17.0 Å². The van der Waals surface area contributed by atoms with Gasteiger partial charge in [0.25, 0.3) is 17.5 Å². The molecule has 0 spiro atoms. The summed E-state index contributed by atoms with van der Waals surface area (Å²) < 4.78 is 39.8. The van der Waals surface area contributed by atoms with E-state index in [1.165, 1.54) is 6.07 Å². The number of aryl methyl sites for hydroxylation is 2. The molecule has 2 aromatic heterocycles. The van der Waals surface area contributed by atoms with Crippen LogP contribution in [0.5, 0.6) is 0 Å². The SMILES string of the molecule is Cc1nc2nc(C(F)(F)F)nn2c(C)c1CCC(=O)Nc1ccccc1C(=O)NCCC(N)=O. The van der Waals surface area contributed by atoms with Gasteiger partial charge in [0.2, 0.25) is 11.8 Å². The molecule has 0 saturated carbocycles. The van der Waals surface area contributed by atoms with Gasteiger partial charge in [-0.3, -0.25) is 14.4 Å². The van der Waals surface area contributed by atoms with Crippen LogP contribution in [-0.2, 0) is 22.2 Å². The Hall–Kier alpha value is -4.03. The van der Waals surface area contributed by atoms with E-state index in [2.05, 4.69) is 25.7 Å². The molecule has 34 heavy (non-hydrogen) atoms. The summed E-state index contributed by atoms with van der Waals surface area (Å²) in [4.78, 5) is 43.3. The molecular weight excluding hydrogens is 455 g/mol. The Labute approximate surface area is 191 Å². The van der Waals surface area contributed by atoms with E-state index in [0.717, 1.165) is 4.52 Å². The standard InChI is InChI=1S/C21H22F3N7O3/c1-11-13(12(2)31-20(27-11)29-19(30-31)21(22,23)24)7-8-17(33)28-15-6-4-3-5-14(15)18(34)26-10-9-16(25)32/h3-6H,7-10H2,1-2H3,(H2,25,32)(H,26,34)(H,28,33). The van der Waals surface area contributed by atoms with Gasteiger partial charge >= 0.3 is 6.18 Å². The maximum atomic E-state index is 12.9. The Morgan fingerprint density at radius 3 is 2.47 bits per heavy atom. The zero-order chi connectivity index (χ0) is 25.0. The van der Waals surface area contributed by atoms with Gasteiger partial charge in [-0.25, -0.2) is 9.50 Å². The lowest BCUT2D eigenvalue weighted by Gasteiger charge is -2.13. The Morgan fingerprint density at radius 2 is 1.79 bits per heavy atom. The Balaban J connectivity index is 1.71. The fourth-order valence-corrected chi connectivity index (χ4v) is 3.33. The number of carbonyl (C=O) groups excluding carboxylic acids is 3. The highest BCUT2D eigenvalue weighted by molar-refractivity contribution is 6.03. The van der Waals surface area contributed by atoms with Crippen LogP contribution in [0.25, 0.3) is 5.78 Å². The fraction of sp³-hybridized carbons (Fsp3) is 0.333. The highest BCUT2D eigenvalue weighted by Gasteiger charge is 2.37. The predicted octanol–water partition coefficient (Wildman–Crippen LogP) is 1.94. The first kappa shape index (κ1) is 24.6. The molecule has 0 aliphatic heterocycles. The maximum Gasteiger partial charge on any atom is 0.453 e. The number of anilines is 1. The second-order valence-corrected chi connectivity index (χ2v) is 7.47. The third kappa shape index (κ3) is 5.66. The van der Waals surface area contributed by atoms with Gasteiger partial charge in [-0.2, -0.15) is 18.2 Å². The molecule has 3 rings (SSSR count). The number of nitrogens with zero attached hydrogens (tertiary/aromatic N) is 4. The maximum absolute atomic E-state index is 12.9. The van der Waals surface area contributed by atoms with E-state index in [1.807, 2.05) is 0 Å². The van der Waals surface area contributed by atoms with Crippen LogP contribution in [0.15, 0.2) is 24.3 Å². The summed E-state index contributed by atoms with van der Waals surface area (Å²) in [5, 5.41) is 8.71. The average Bonchev–Trinajstić information content (AvgIpc) is 3.18. The molecule has 10 nitrogen and oxygen atoms in total. The number of hydrogen-bond acceptors (Lipinski definition) is 6. The second kappa shape index (κ2) is 9.85. The van der Waals surface area contributed by atoms with Gasteiger partial charge in [0.1, 0.15) is 0 Å². The zero-order valence-corrected chi connectivity index (χ0v) is 18.4. The van der Waals surface area contributed by atoms with Gasteiger partial charge in [-0.05, 0) is 38.0 Å². The van der Waals surface area contributed by atoms with Crippen LogP contribution in [0, 0.1) is 13.8 Å². The minimum absolute atomic E-state index is 0.0203. The van der Waals surface area contributed by atoms with Crippen molar-refractivity contribution in [2.45, 2.75) is 39.3 Å². The van der Waals surface area contributed by atoms with Gasteiger partial charge in [0, 0.05) is 30.8 Å². The largest absolute Gasteiger partial charge is 0.453 e. The normalized spacial score (nSPS) is 11.4. The van der Waals surface area contributed by atoms with Crippen LogP contribution in [0.4, 0.5) is 18.9 Å². The zero-order valence-electron chi connectivity index (χ0n) is 18.4. The van der Waals surface area contributed by atoms with E-state index in [-0.39, 0.29) is 42.8 Å². The van der Waals surface area contributed by atoms with Crippen LogP contribution in [0.1, 0.15) is 46.0 Å². The first-order valence-electron chi connectivity index (χ1n) is 10.2. The van der Waals surface area contributed by atoms with Crippen LogP contribution < -0.4 is 16.4 Å². The molecule has 13 heteroatoms. The molecule has 0 aliphatic rings. The van der Waals surface area contributed by atoms with Crippen molar-refractivity contribution in [1.82, 2.24) is 24.9 Å². The predicted molar refractivity (Wildman–Crippen MR) is 115 cm³/mol. The molecule has 0 bridgehead atoms. The van der Waals surface area contributed by atoms with E-state index < -0.39 is 29.7 Å². The van der Waals surface area contributed by atoms with Crippen molar-refractivity contribution in [2.24, 2.45) is 5.73 Å². The Morgan fingerprint density at radius 1 is 1.09 bits per heavy atom. The monoisotopic (exact) mass is 477 g/mol. The number of rotatable bonds is 8. The van der Waals surface area contributed by atoms with Crippen LogP contribution >= 0.6 is 0 Å². The molecule has 0 radical (unpaired) electrons. The van der Waals surface area contributed by atoms with Crippen LogP contribution in [-0.4, -0.2) is 43.8 Å². The van der Waals surface area contributed by atoms with E-state index >= 15 is 0 Å². The van der Waals surface area contributed by atoms with Gasteiger partial charge < -0.3 is 16.4 Å². The minimum Gasteiger partial charge on any atom is -0.370 e. The quantitative estimate of drug-likeness (QED) is 0.452. The number of benzene rings is 1. The highest BCUT2D eigenvalue weighted by atomic mass is 19.4. The number of nitrogens with two attached hydrogens (primary N) is 1. The lowest BCUT2D eigenvalue weighted by atomic mass is 10.1. The van der Waals surface area contributed by atoms with Crippen molar-refractivity contribution in [3.63, 3.8) is 0 Å². The van der Waals surface area contributed by atoms with Gasteiger partial charge in [-0.1, -0.05) is 12.1 Å². The number of primary amides is 1. The highest BCUT2D eigenvalue weighted by Crippen LogP contribution is 2.27. The molecule has 1 aromatic carbocycles. The van der Waals surface area contributed by atoms with Crippen LogP contribution in [0.2, 0.25) is 0 Å². The summed E-state index contributed by atoms with van der Waals surface area (Å²) in [7, 11) is 0. The summed E-state index contributed by atoms with van der Waals surface area (Å²) in [6.45, 7) is 3.26. The number of halogens is 3. The molecule has 0 unspecified atom stereocenters. The Bertz CT molecular complexity index is 1250. The summed E-state index contributed by atoms with van der Waals surface area (Å²) in [5.74, 6) is -2.91. The molecule has 3 amide bonds. The third-order valence-electron chi connectivity index (χ3n) is 5.01. The van der Waals surface area contributed by atoms with Gasteiger partial charge in [0.15, 0.2) is 0 Å². The molecule has 0 saturated heterocycles. The molecular formula is C21H22F3N7O3. The van der Waals surface area contributed by atoms with Crippen molar-refractivity contribution < 1.29 is 27.6 Å². The number of aromatic nitrogens is 4. The molecule has 2 heterocycles. The first-order valence-corrected chi connectivity index (χ1v) is 10.2. The number of carbonyl (C=O) groups is 3. The molecule has 0 aliphatic carbocycles. The van der Waals surface area contributed by atoms with Crippen molar-refractivity contribution in [1.29, 1.82) is 0 Å². The fourth-order valence-electron chi connectivity index (χ4n) is 3.33. The third-order valence-corrected chi connectivity index (χ3v) is 5.01. The number of nitrogens with one attached hydrogen (secondary N) is 2. The number of fused-ring (bicyclic) bond motifs is 1. The lowest BCUT2D eigenvalue weighted by Crippen LogP contribution is -2.28. The molecule has 180 valence electrons. The number of amides is 3. The summed E-state index contributed by atoms with van der Waals surface area (Å²) in [6, 6.07) is 6.34. The van der Waals surface area contributed by atoms with Crippen molar-refractivity contribution >= 4 is 29.2 Å². The van der Waals surface area contributed by atoms with Gasteiger partial charge in [-0.15, -0.1) is 5.10 Å². The summed E-state index contributed by atoms with van der Waals surface area (Å²) in [6.07, 6.45) is -4.56. The van der Waals surface area contributed by atoms with Crippen LogP contribution in [0.3, 0.4) is 0 Å². The summed E-state index contributed by atoms with van der Waals surface area (Å²) >= 11 is 0. The van der Waals surface area contributed by atoms with Crippen molar-refractivity contribution in [3.05, 3.63) is 52.6 Å². The number of para-hydroxylation sites is 1. The number of hydrogen-bond donors (Lipinski definition) is 3. The van der Waals surface area contributed by atoms with Gasteiger partial charge in [0.05, 0.1) is 11.3 Å². The lowest BCUT2D eigenvalue weighted by molar-refractivity contribution is -0.144. The molecule has 4 N–H and O–H groups in total. The minimum atomic E-state index is -4.70. The topological polar surface area (TPSA) is 144 Å². The van der Waals surface area contributed by atoms with Crippen molar-refractivity contribution in [2.75, 3.05) is 11.9 Å². The second-order valence-electron chi connectivity index (χ2n) is 7.47. The molecule has 0 atom stereocenters. The molecule has 3 aromatic rings.